The molecule has 0 spiro atoms. The predicted octanol–water partition coefficient (Wildman–Crippen LogP) is 1.48. The van der Waals surface area contributed by atoms with Crippen LogP contribution in [-0.4, -0.2) is 36.7 Å². The number of carbonyl (C=O) groups is 1. The monoisotopic (exact) mass is 409 g/mol. The van der Waals surface area contributed by atoms with Gasteiger partial charge in [0.05, 0.1) is 17.7 Å². The molecule has 4 rings (SSSR count). The van der Waals surface area contributed by atoms with E-state index in [0.29, 0.717) is 29.4 Å². The number of nitrogens with zero attached hydrogens (tertiary/aromatic N) is 4. The Hall–Kier alpha value is -3.64. The number of rotatable bonds is 2. The molecule has 154 valence electrons. The van der Waals surface area contributed by atoms with Gasteiger partial charge in [-0.2, -0.15) is 0 Å². The number of hydrogen-bond acceptors (Lipinski definition) is 5. The van der Waals surface area contributed by atoms with E-state index in [1.54, 1.807) is 21.5 Å². The fraction of sp³-hybridized carbons (Fsp3) is 0.286. The summed E-state index contributed by atoms with van der Waals surface area (Å²) in [4.78, 5) is 20.1. The Morgan fingerprint density at radius 2 is 2.13 bits per heavy atom. The Kier molecular flexibility index (Phi) is 4.59. The van der Waals surface area contributed by atoms with E-state index < -0.39 is 17.3 Å². The number of aromatic nitrogens is 4. The number of aryl methyl sites for hydroxylation is 2. The first-order valence-electron chi connectivity index (χ1n) is 9.25. The molecule has 30 heavy (non-hydrogen) atoms. The third kappa shape index (κ3) is 3.42. The Labute approximate surface area is 172 Å². The fourth-order valence-corrected chi connectivity index (χ4v) is 3.17. The molecule has 0 saturated carbocycles. The molecule has 0 radical (unpaired) electrons. The van der Waals surface area contributed by atoms with Crippen LogP contribution in [-0.2, 0) is 19.2 Å². The van der Waals surface area contributed by atoms with Crippen molar-refractivity contribution in [2.75, 3.05) is 6.61 Å². The number of imidazole rings is 2. The molecule has 9 heteroatoms. The Bertz CT molecular complexity index is 1210. The molecule has 3 N–H and O–H groups in total. The lowest BCUT2D eigenvalue weighted by atomic mass is 10.0. The minimum atomic E-state index is -1.57. The molecule has 1 amide bonds. The zero-order chi connectivity index (χ0) is 21.6. The fourth-order valence-electron chi connectivity index (χ4n) is 3.17. The molecule has 1 unspecified atom stereocenters. The zero-order valence-corrected chi connectivity index (χ0v) is 16.7. The molecule has 8 nitrogen and oxygen atoms in total. The lowest BCUT2D eigenvalue weighted by Gasteiger charge is -2.13. The van der Waals surface area contributed by atoms with Gasteiger partial charge in [0.1, 0.15) is 41.2 Å². The quantitative estimate of drug-likeness (QED) is 0.624. The maximum absolute atomic E-state index is 14.7. The van der Waals surface area contributed by atoms with Crippen LogP contribution in [0.1, 0.15) is 34.5 Å². The molecule has 2 aromatic heterocycles. The van der Waals surface area contributed by atoms with Gasteiger partial charge in [-0.1, -0.05) is 11.8 Å². The minimum Gasteiger partial charge on any atom is -0.491 e. The lowest BCUT2D eigenvalue weighted by molar-refractivity contribution is 0.0995. The maximum Gasteiger partial charge on any atom is 0.268 e. The summed E-state index contributed by atoms with van der Waals surface area (Å²) in [6.45, 7) is 4.02. The van der Waals surface area contributed by atoms with E-state index in [9.17, 15) is 14.3 Å². The van der Waals surface area contributed by atoms with Crippen molar-refractivity contribution < 1.29 is 19.0 Å². The standard InChI is InChI=1S/C21H20FN5O3/c1-12-24-18(11-26(12)3)21(2,29)5-4-13-8-14-17(9-15(13)22)30-7-6-27-10-16(19(23)28)25-20(14)27/h8-11,29H,6-7H2,1-3H3,(H2,23,28). The molecular weight excluding hydrogens is 389 g/mol. The number of halogens is 1. The van der Waals surface area contributed by atoms with Crippen molar-refractivity contribution >= 4 is 5.91 Å². The van der Waals surface area contributed by atoms with Gasteiger partial charge >= 0.3 is 0 Å². The highest BCUT2D eigenvalue weighted by atomic mass is 19.1. The first-order chi connectivity index (χ1) is 14.2. The molecule has 0 aliphatic carbocycles. The highest BCUT2D eigenvalue weighted by Gasteiger charge is 2.25. The second kappa shape index (κ2) is 7.00. The average molecular weight is 409 g/mol. The summed E-state index contributed by atoms with van der Waals surface area (Å²) in [5.41, 5.74) is 4.80. The molecule has 1 atom stereocenters. The second-order valence-corrected chi connectivity index (χ2v) is 7.29. The van der Waals surface area contributed by atoms with E-state index >= 15 is 0 Å². The molecule has 1 aliphatic heterocycles. The smallest absolute Gasteiger partial charge is 0.268 e. The van der Waals surface area contributed by atoms with E-state index in [0.717, 1.165) is 5.82 Å². The van der Waals surface area contributed by atoms with Crippen LogP contribution >= 0.6 is 0 Å². The Morgan fingerprint density at radius 3 is 2.80 bits per heavy atom. The summed E-state index contributed by atoms with van der Waals surface area (Å²) in [7, 11) is 1.81. The molecule has 0 bridgehead atoms. The SMILES string of the molecule is Cc1nc(C(C)(O)C#Cc2cc3c(cc2F)OCCn2cc(C(N)=O)nc2-3)cn1C. The van der Waals surface area contributed by atoms with Crippen LogP contribution in [0.25, 0.3) is 11.4 Å². The van der Waals surface area contributed by atoms with Crippen LogP contribution < -0.4 is 10.5 Å². The van der Waals surface area contributed by atoms with Crippen molar-refractivity contribution in [2.45, 2.75) is 26.0 Å². The Morgan fingerprint density at radius 1 is 1.37 bits per heavy atom. The van der Waals surface area contributed by atoms with Gasteiger partial charge in [-0.15, -0.1) is 0 Å². The largest absolute Gasteiger partial charge is 0.491 e. The van der Waals surface area contributed by atoms with E-state index in [1.807, 2.05) is 14.0 Å². The second-order valence-electron chi connectivity index (χ2n) is 7.29. The van der Waals surface area contributed by atoms with E-state index in [2.05, 4.69) is 21.8 Å². The van der Waals surface area contributed by atoms with Crippen molar-refractivity contribution in [3.05, 3.63) is 53.1 Å². The van der Waals surface area contributed by atoms with Crippen LogP contribution in [0.2, 0.25) is 0 Å². The third-order valence-corrected chi connectivity index (χ3v) is 4.98. The summed E-state index contributed by atoms with van der Waals surface area (Å²) >= 11 is 0. The summed E-state index contributed by atoms with van der Waals surface area (Å²) in [6, 6.07) is 2.72. The molecule has 1 aliphatic rings. The van der Waals surface area contributed by atoms with Crippen LogP contribution in [0.4, 0.5) is 4.39 Å². The summed E-state index contributed by atoms with van der Waals surface area (Å²) in [5, 5.41) is 10.7. The van der Waals surface area contributed by atoms with Gasteiger partial charge in [0.25, 0.3) is 5.91 Å². The van der Waals surface area contributed by atoms with Crippen LogP contribution in [0, 0.1) is 24.6 Å². The number of primary amides is 1. The number of ether oxygens (including phenoxy) is 1. The third-order valence-electron chi connectivity index (χ3n) is 4.98. The first-order valence-corrected chi connectivity index (χ1v) is 9.25. The molecule has 0 saturated heterocycles. The number of aliphatic hydroxyl groups is 1. The summed E-state index contributed by atoms with van der Waals surface area (Å²) in [6.07, 6.45) is 3.21. The minimum absolute atomic E-state index is 0.0577. The van der Waals surface area contributed by atoms with Gasteiger partial charge in [0.2, 0.25) is 0 Å². The van der Waals surface area contributed by atoms with Gasteiger partial charge in [-0.25, -0.2) is 14.4 Å². The van der Waals surface area contributed by atoms with Crippen molar-refractivity contribution in [1.29, 1.82) is 0 Å². The number of benzene rings is 1. The summed E-state index contributed by atoms with van der Waals surface area (Å²) in [5.74, 6) is 5.60. The predicted molar refractivity (Wildman–Crippen MR) is 106 cm³/mol. The number of carbonyl (C=O) groups excluding carboxylic acids is 1. The summed E-state index contributed by atoms with van der Waals surface area (Å²) < 4.78 is 23.8. The van der Waals surface area contributed by atoms with Crippen molar-refractivity contribution in [1.82, 2.24) is 19.1 Å². The normalized spacial score (nSPS) is 14.4. The van der Waals surface area contributed by atoms with Crippen LogP contribution in [0.3, 0.4) is 0 Å². The van der Waals surface area contributed by atoms with E-state index in [1.165, 1.54) is 19.1 Å². The van der Waals surface area contributed by atoms with E-state index in [-0.39, 0.29) is 17.9 Å². The van der Waals surface area contributed by atoms with Gasteiger partial charge in [0.15, 0.2) is 5.60 Å². The molecule has 0 fully saturated rings. The highest BCUT2D eigenvalue weighted by molar-refractivity contribution is 5.91. The first kappa shape index (κ1) is 19.7. The van der Waals surface area contributed by atoms with Crippen molar-refractivity contribution in [2.24, 2.45) is 12.8 Å². The number of hydrogen-bond donors (Lipinski definition) is 2. The van der Waals surface area contributed by atoms with Gasteiger partial charge in [0, 0.05) is 25.5 Å². The van der Waals surface area contributed by atoms with E-state index in [4.69, 9.17) is 10.5 Å². The molecule has 3 heterocycles. The highest BCUT2D eigenvalue weighted by Crippen LogP contribution is 2.34. The van der Waals surface area contributed by atoms with Crippen LogP contribution in [0.15, 0.2) is 24.5 Å². The van der Waals surface area contributed by atoms with Gasteiger partial charge in [-0.3, -0.25) is 4.79 Å². The topological polar surface area (TPSA) is 108 Å². The maximum atomic E-state index is 14.7. The van der Waals surface area contributed by atoms with Crippen LogP contribution in [0.5, 0.6) is 5.75 Å². The van der Waals surface area contributed by atoms with Gasteiger partial charge < -0.3 is 24.7 Å². The van der Waals surface area contributed by atoms with Crippen molar-refractivity contribution in [3.8, 4) is 29.0 Å². The lowest BCUT2D eigenvalue weighted by Crippen LogP contribution is -2.19. The number of nitrogens with two attached hydrogens (primary N) is 1. The zero-order valence-electron chi connectivity index (χ0n) is 16.7. The molecule has 1 aromatic carbocycles. The average Bonchev–Trinajstić information content (AvgIpc) is 3.21. The van der Waals surface area contributed by atoms with Gasteiger partial charge in [-0.05, 0) is 19.9 Å². The molecular formula is C21H20FN5O3. The number of fused-ring (bicyclic) bond motifs is 3. The van der Waals surface area contributed by atoms with Crippen molar-refractivity contribution in [3.63, 3.8) is 0 Å². The Balaban J connectivity index is 1.78. The number of amides is 1. The molecule has 3 aromatic rings.